The monoisotopic (exact) mass is 256 g/mol. The van der Waals surface area contributed by atoms with Gasteiger partial charge in [0.1, 0.15) is 11.6 Å². The van der Waals surface area contributed by atoms with Gasteiger partial charge < -0.3 is 10.7 Å². The molecule has 4 N–H and O–H groups in total. The minimum absolute atomic E-state index is 0.362. The molecule has 0 saturated carbocycles. The van der Waals surface area contributed by atoms with Crippen molar-refractivity contribution in [3.05, 3.63) is 54.1 Å². The molecule has 0 radical (unpaired) electrons. The van der Waals surface area contributed by atoms with Crippen LogP contribution in [0.3, 0.4) is 0 Å². The van der Waals surface area contributed by atoms with E-state index < -0.39 is 0 Å². The van der Waals surface area contributed by atoms with E-state index in [1.165, 1.54) is 5.56 Å². The molecule has 1 heterocycles. The van der Waals surface area contributed by atoms with Gasteiger partial charge in [0.25, 0.3) is 0 Å². The molecule has 0 fully saturated rings. The second kappa shape index (κ2) is 6.75. The van der Waals surface area contributed by atoms with Crippen molar-refractivity contribution in [3.8, 4) is 0 Å². The second-order valence-corrected chi connectivity index (χ2v) is 4.62. The fourth-order valence-electron chi connectivity index (χ4n) is 1.95. The summed E-state index contributed by atoms with van der Waals surface area (Å²) < 4.78 is 0. The minimum Gasteiger partial charge on any atom is -0.368 e. The Morgan fingerprint density at radius 3 is 2.53 bits per heavy atom. The summed E-state index contributed by atoms with van der Waals surface area (Å²) in [6.45, 7) is 2.16. The van der Waals surface area contributed by atoms with Crippen LogP contribution in [0.2, 0.25) is 0 Å². The molecule has 2 rings (SSSR count). The highest BCUT2D eigenvalue weighted by molar-refractivity contribution is 5.44. The largest absolute Gasteiger partial charge is 0.368 e. The van der Waals surface area contributed by atoms with Gasteiger partial charge in [0.15, 0.2) is 0 Å². The number of aromatic nitrogens is 1. The van der Waals surface area contributed by atoms with Crippen LogP contribution in [-0.4, -0.2) is 11.0 Å². The molecule has 2 aromatic rings. The Bertz CT molecular complexity index is 499. The molecule has 0 aliphatic heterocycles. The Morgan fingerprint density at radius 1 is 1.05 bits per heavy atom. The lowest BCUT2D eigenvalue weighted by atomic mass is 10.1. The van der Waals surface area contributed by atoms with Gasteiger partial charge in [0.2, 0.25) is 0 Å². The first-order chi connectivity index (χ1) is 9.28. The maximum atomic E-state index is 5.34. The van der Waals surface area contributed by atoms with Crippen molar-refractivity contribution in [2.75, 3.05) is 10.7 Å². The van der Waals surface area contributed by atoms with Crippen molar-refractivity contribution < 1.29 is 0 Å². The van der Waals surface area contributed by atoms with E-state index in [-0.39, 0.29) is 0 Å². The summed E-state index contributed by atoms with van der Waals surface area (Å²) in [5, 5.41) is 3.38. The Balaban J connectivity index is 1.85. The quantitative estimate of drug-likeness (QED) is 0.549. The van der Waals surface area contributed by atoms with E-state index in [1.54, 1.807) is 0 Å². The van der Waals surface area contributed by atoms with E-state index in [0.717, 1.165) is 18.7 Å². The summed E-state index contributed by atoms with van der Waals surface area (Å²) in [4.78, 5) is 4.34. The molecular weight excluding hydrogens is 236 g/mol. The number of benzene rings is 1. The van der Waals surface area contributed by atoms with E-state index in [1.807, 2.05) is 24.3 Å². The number of nitrogen functional groups attached to an aromatic ring is 1. The molecule has 19 heavy (non-hydrogen) atoms. The average Bonchev–Trinajstić information content (AvgIpc) is 2.46. The van der Waals surface area contributed by atoms with Gasteiger partial charge in [-0.2, -0.15) is 0 Å². The molecule has 1 unspecified atom stereocenters. The number of hydrogen-bond donors (Lipinski definition) is 3. The fourth-order valence-corrected chi connectivity index (χ4v) is 1.95. The Kier molecular flexibility index (Phi) is 4.75. The molecule has 1 atom stereocenters. The average molecular weight is 256 g/mol. The molecule has 1 aromatic heterocycles. The molecule has 4 heteroatoms. The fraction of sp³-hybridized carbons (Fsp3) is 0.267. The van der Waals surface area contributed by atoms with Crippen molar-refractivity contribution in [1.82, 2.24) is 4.98 Å². The van der Waals surface area contributed by atoms with Crippen LogP contribution in [-0.2, 0) is 6.42 Å². The maximum absolute atomic E-state index is 5.34. The van der Waals surface area contributed by atoms with Gasteiger partial charge >= 0.3 is 0 Å². The van der Waals surface area contributed by atoms with Gasteiger partial charge in [-0.3, -0.25) is 0 Å². The van der Waals surface area contributed by atoms with Crippen LogP contribution in [0.5, 0.6) is 0 Å². The highest BCUT2D eigenvalue weighted by Gasteiger charge is 2.04. The zero-order chi connectivity index (χ0) is 13.5. The highest BCUT2D eigenvalue weighted by Crippen LogP contribution is 2.12. The molecule has 0 spiro atoms. The summed E-state index contributed by atoms with van der Waals surface area (Å²) in [6.07, 6.45) is 2.12. The maximum Gasteiger partial charge on any atom is 0.142 e. The number of anilines is 2. The number of nitrogens with one attached hydrogen (secondary N) is 2. The summed E-state index contributed by atoms with van der Waals surface area (Å²) in [6, 6.07) is 16.6. The van der Waals surface area contributed by atoms with Crippen molar-refractivity contribution in [3.63, 3.8) is 0 Å². The molecular formula is C15H20N4. The Morgan fingerprint density at radius 2 is 1.79 bits per heavy atom. The molecule has 0 saturated heterocycles. The molecule has 4 nitrogen and oxygen atoms in total. The lowest BCUT2D eigenvalue weighted by Gasteiger charge is -2.15. The minimum atomic E-state index is 0.362. The molecule has 0 aliphatic rings. The van der Waals surface area contributed by atoms with Crippen LogP contribution < -0.4 is 16.6 Å². The van der Waals surface area contributed by atoms with Crippen LogP contribution in [0.4, 0.5) is 11.6 Å². The Hall–Kier alpha value is -2.07. The SMILES string of the molecule is CC(CCc1ccccc1)Nc1cccc(NN)n1. The molecule has 0 aliphatic carbocycles. The normalized spacial score (nSPS) is 11.9. The van der Waals surface area contributed by atoms with Crippen LogP contribution in [0.15, 0.2) is 48.5 Å². The van der Waals surface area contributed by atoms with Crippen LogP contribution >= 0.6 is 0 Å². The first-order valence-electron chi connectivity index (χ1n) is 6.52. The highest BCUT2D eigenvalue weighted by atomic mass is 15.3. The summed E-state index contributed by atoms with van der Waals surface area (Å²) in [5.41, 5.74) is 3.91. The first kappa shape index (κ1) is 13.4. The Labute approximate surface area is 114 Å². The van der Waals surface area contributed by atoms with Crippen LogP contribution in [0.25, 0.3) is 0 Å². The number of hydrogen-bond acceptors (Lipinski definition) is 4. The van der Waals surface area contributed by atoms with E-state index in [9.17, 15) is 0 Å². The second-order valence-electron chi connectivity index (χ2n) is 4.62. The molecule has 0 amide bonds. The molecule has 100 valence electrons. The predicted molar refractivity (Wildman–Crippen MR) is 79.9 cm³/mol. The summed E-state index contributed by atoms with van der Waals surface area (Å²) >= 11 is 0. The third-order valence-electron chi connectivity index (χ3n) is 3.00. The number of rotatable bonds is 6. The number of nitrogens with zero attached hydrogens (tertiary/aromatic N) is 1. The lowest BCUT2D eigenvalue weighted by molar-refractivity contribution is 0.703. The van der Waals surface area contributed by atoms with Crippen molar-refractivity contribution in [2.45, 2.75) is 25.8 Å². The zero-order valence-corrected chi connectivity index (χ0v) is 11.1. The smallest absolute Gasteiger partial charge is 0.142 e. The molecule has 0 bridgehead atoms. The van der Waals surface area contributed by atoms with Gasteiger partial charge in [-0.1, -0.05) is 36.4 Å². The van der Waals surface area contributed by atoms with Crippen molar-refractivity contribution in [2.24, 2.45) is 5.84 Å². The van der Waals surface area contributed by atoms with Crippen molar-refractivity contribution >= 4 is 11.6 Å². The van der Waals surface area contributed by atoms with Gasteiger partial charge in [-0.25, -0.2) is 10.8 Å². The number of hydrazine groups is 1. The van der Waals surface area contributed by atoms with Crippen LogP contribution in [0, 0.1) is 0 Å². The van der Waals surface area contributed by atoms with Gasteiger partial charge in [-0.05, 0) is 37.5 Å². The van der Waals surface area contributed by atoms with Gasteiger partial charge in [0, 0.05) is 6.04 Å². The summed E-state index contributed by atoms with van der Waals surface area (Å²) in [7, 11) is 0. The third-order valence-corrected chi connectivity index (χ3v) is 3.00. The van der Waals surface area contributed by atoms with Crippen molar-refractivity contribution in [1.29, 1.82) is 0 Å². The van der Waals surface area contributed by atoms with E-state index in [2.05, 4.69) is 46.9 Å². The number of nitrogens with two attached hydrogens (primary N) is 1. The third kappa shape index (κ3) is 4.26. The van der Waals surface area contributed by atoms with E-state index >= 15 is 0 Å². The van der Waals surface area contributed by atoms with Gasteiger partial charge in [-0.15, -0.1) is 0 Å². The predicted octanol–water partition coefficient (Wildman–Crippen LogP) is 2.80. The van der Waals surface area contributed by atoms with Crippen LogP contribution in [0.1, 0.15) is 18.9 Å². The van der Waals surface area contributed by atoms with Gasteiger partial charge in [0.05, 0.1) is 0 Å². The topological polar surface area (TPSA) is 63.0 Å². The summed E-state index contributed by atoms with van der Waals surface area (Å²) in [5.74, 6) is 6.85. The van der Waals surface area contributed by atoms with E-state index in [4.69, 9.17) is 5.84 Å². The number of pyridine rings is 1. The van der Waals surface area contributed by atoms with E-state index in [0.29, 0.717) is 11.9 Å². The number of aryl methyl sites for hydroxylation is 1. The standard InChI is InChI=1S/C15H20N4/c1-12(10-11-13-6-3-2-4-7-13)17-14-8-5-9-15(18-14)19-16/h2-9,12H,10-11,16H2,1H3,(H2,17,18,19). The first-order valence-corrected chi connectivity index (χ1v) is 6.52. The molecule has 1 aromatic carbocycles. The lowest BCUT2D eigenvalue weighted by Crippen LogP contribution is -2.17. The zero-order valence-electron chi connectivity index (χ0n) is 11.1.